The number of hydrogen-bond acceptors (Lipinski definition) is 1. The van der Waals surface area contributed by atoms with Gasteiger partial charge < -0.3 is 0 Å². The Kier molecular flexibility index (Phi) is 1.48. The predicted molar refractivity (Wildman–Crippen MR) is 35.9 cm³/mol. The molecule has 1 radical (unpaired) electrons. The van der Waals surface area contributed by atoms with Crippen molar-refractivity contribution in [2.24, 2.45) is 0 Å². The molecule has 0 aliphatic rings. The van der Waals surface area contributed by atoms with Gasteiger partial charge in [0.25, 0.3) is 0 Å². The van der Waals surface area contributed by atoms with Crippen molar-refractivity contribution in [2.45, 2.75) is 0 Å². The minimum Gasteiger partial charge on any atom is -0.137 e. The third-order valence-corrected chi connectivity index (χ3v) is 2.11. The van der Waals surface area contributed by atoms with Crippen LogP contribution in [0.15, 0.2) is 11.4 Å². The smallest absolute Gasteiger partial charge is 0.0659 e. The van der Waals surface area contributed by atoms with Gasteiger partial charge in [-0.05, 0) is 40.1 Å². The van der Waals surface area contributed by atoms with Gasteiger partial charge in [-0.1, -0.05) is 0 Å². The normalized spacial score (nSPS) is 8.83. The third-order valence-electron chi connectivity index (χ3n) is 0.436. The first-order valence-corrected chi connectivity index (χ1v) is 3.45. The number of rotatable bonds is 0. The molecule has 1 heterocycles. The number of hydrogen-bond donors (Lipinski definition) is 0. The highest BCUT2D eigenvalue weighted by Gasteiger charge is 1.77. The second kappa shape index (κ2) is 1.93. The molecule has 6 heavy (non-hydrogen) atoms. The Morgan fingerprint density at radius 2 is 2.67 bits per heavy atom. The molecule has 0 bridgehead atoms. The molecule has 0 saturated carbocycles. The Hall–Kier alpha value is 0.430. The van der Waals surface area contributed by atoms with E-state index in [4.69, 9.17) is 0 Å². The van der Waals surface area contributed by atoms with Gasteiger partial charge in [-0.25, -0.2) is 0 Å². The predicted octanol–water partition coefficient (Wildman–Crippen LogP) is 2.15. The zero-order valence-corrected chi connectivity index (χ0v) is 5.91. The largest absolute Gasteiger partial charge is 0.137 e. The fraction of sp³-hybridized carbons (Fsp3) is 0. The van der Waals surface area contributed by atoms with Crippen molar-refractivity contribution in [2.75, 3.05) is 0 Å². The van der Waals surface area contributed by atoms with E-state index in [0.717, 1.165) is 0 Å². The van der Waals surface area contributed by atoms with Crippen LogP contribution in [-0.2, 0) is 0 Å². The fourth-order valence-electron chi connectivity index (χ4n) is 0.224. The standard InChI is InChI=1S/C4H2IS/c5-4-2-1-3-6-4/h2-3H. The van der Waals surface area contributed by atoms with E-state index in [1.807, 2.05) is 11.4 Å². The van der Waals surface area contributed by atoms with Gasteiger partial charge in [0.15, 0.2) is 0 Å². The molecule has 0 spiro atoms. The molecule has 0 aromatic carbocycles. The van der Waals surface area contributed by atoms with Gasteiger partial charge in [-0.3, -0.25) is 0 Å². The molecule has 0 fully saturated rings. The molecule has 1 aromatic heterocycles. The van der Waals surface area contributed by atoms with E-state index in [9.17, 15) is 0 Å². The van der Waals surface area contributed by atoms with Crippen LogP contribution in [0.2, 0.25) is 0 Å². The summed E-state index contributed by atoms with van der Waals surface area (Å²) < 4.78 is 1.30. The Bertz CT molecular complexity index is 111. The summed E-state index contributed by atoms with van der Waals surface area (Å²) in [7, 11) is 0. The van der Waals surface area contributed by atoms with E-state index in [0.29, 0.717) is 0 Å². The van der Waals surface area contributed by atoms with Crippen LogP contribution >= 0.6 is 33.9 Å². The van der Waals surface area contributed by atoms with Crippen molar-refractivity contribution in [3.8, 4) is 0 Å². The fourth-order valence-corrected chi connectivity index (χ4v) is 1.17. The van der Waals surface area contributed by atoms with Gasteiger partial charge in [0.1, 0.15) is 0 Å². The summed E-state index contributed by atoms with van der Waals surface area (Å²) >= 11 is 3.97. The first-order valence-electron chi connectivity index (χ1n) is 1.49. The monoisotopic (exact) mass is 209 g/mol. The summed E-state index contributed by atoms with van der Waals surface area (Å²) in [6, 6.07) is 4.90. The van der Waals surface area contributed by atoms with Crippen LogP contribution in [0.25, 0.3) is 0 Å². The molecule has 1 rings (SSSR count). The zero-order chi connectivity index (χ0) is 4.41. The van der Waals surface area contributed by atoms with E-state index in [1.54, 1.807) is 11.3 Å². The molecule has 1 aromatic rings. The van der Waals surface area contributed by atoms with Gasteiger partial charge in [-0.2, -0.15) is 0 Å². The second-order valence-corrected chi connectivity index (χ2v) is 3.66. The van der Waals surface area contributed by atoms with Gasteiger partial charge in [0, 0.05) is 0 Å². The molecule has 0 aliphatic heterocycles. The van der Waals surface area contributed by atoms with Gasteiger partial charge >= 0.3 is 0 Å². The first-order chi connectivity index (χ1) is 2.89. The molecule has 31 valence electrons. The molecular formula is C4H2IS. The highest BCUT2D eigenvalue weighted by molar-refractivity contribution is 14.1. The van der Waals surface area contributed by atoms with Crippen molar-refractivity contribution < 1.29 is 0 Å². The maximum absolute atomic E-state index is 2.94. The molecule has 0 unspecified atom stereocenters. The van der Waals surface area contributed by atoms with Crippen molar-refractivity contribution in [3.05, 3.63) is 20.4 Å². The number of halogens is 1. The van der Waals surface area contributed by atoms with E-state index in [-0.39, 0.29) is 0 Å². The second-order valence-electron chi connectivity index (χ2n) is 0.851. The lowest BCUT2D eigenvalue weighted by Gasteiger charge is -1.62. The first kappa shape index (κ1) is 4.59. The molecule has 0 atom stereocenters. The van der Waals surface area contributed by atoms with Crippen molar-refractivity contribution in [3.63, 3.8) is 0 Å². The van der Waals surface area contributed by atoms with Crippen LogP contribution in [0.3, 0.4) is 0 Å². The van der Waals surface area contributed by atoms with E-state index >= 15 is 0 Å². The lowest BCUT2D eigenvalue weighted by Crippen LogP contribution is -1.38. The molecular weight excluding hydrogens is 207 g/mol. The molecule has 0 nitrogen and oxygen atoms in total. The third kappa shape index (κ3) is 0.944. The van der Waals surface area contributed by atoms with Crippen LogP contribution in [0.1, 0.15) is 0 Å². The van der Waals surface area contributed by atoms with Gasteiger partial charge in [0.05, 0.1) is 2.88 Å². The molecule has 0 saturated heterocycles. The minimum atomic E-state index is 1.30. The Morgan fingerprint density at radius 1 is 1.83 bits per heavy atom. The van der Waals surface area contributed by atoms with Gasteiger partial charge in [-0.15, -0.1) is 11.3 Å². The SMILES string of the molecule is Ic1c[c]cs1. The van der Waals surface area contributed by atoms with Crippen LogP contribution in [0.4, 0.5) is 0 Å². The van der Waals surface area contributed by atoms with E-state index in [1.165, 1.54) is 2.88 Å². The summed E-state index contributed by atoms with van der Waals surface area (Å²) in [6.45, 7) is 0. The zero-order valence-electron chi connectivity index (χ0n) is 2.94. The molecule has 0 amide bonds. The molecule has 0 N–H and O–H groups in total. The number of thiophene rings is 1. The average molecular weight is 209 g/mol. The van der Waals surface area contributed by atoms with Crippen LogP contribution < -0.4 is 0 Å². The van der Waals surface area contributed by atoms with Crippen molar-refractivity contribution >= 4 is 33.9 Å². The summed E-state index contributed by atoms with van der Waals surface area (Å²) in [4.78, 5) is 0. The minimum absolute atomic E-state index is 1.30. The quantitative estimate of drug-likeness (QED) is 0.574. The molecule has 0 aliphatic carbocycles. The topological polar surface area (TPSA) is 0 Å². The van der Waals surface area contributed by atoms with Crippen molar-refractivity contribution in [1.29, 1.82) is 0 Å². The Balaban J connectivity index is 3.05. The van der Waals surface area contributed by atoms with Crippen LogP contribution in [0, 0.1) is 8.95 Å². The lowest BCUT2D eigenvalue weighted by molar-refractivity contribution is 1.93. The lowest BCUT2D eigenvalue weighted by atomic mass is 10.7. The van der Waals surface area contributed by atoms with E-state index < -0.39 is 0 Å². The highest BCUT2D eigenvalue weighted by Crippen LogP contribution is 2.09. The van der Waals surface area contributed by atoms with E-state index in [2.05, 4.69) is 28.7 Å². The summed E-state index contributed by atoms with van der Waals surface area (Å²) in [5, 5.41) is 1.95. The maximum atomic E-state index is 2.94. The average Bonchev–Trinajstić information content (AvgIpc) is 1.86. The summed E-state index contributed by atoms with van der Waals surface area (Å²) in [5.74, 6) is 0. The van der Waals surface area contributed by atoms with Crippen LogP contribution in [0.5, 0.6) is 0 Å². The van der Waals surface area contributed by atoms with Gasteiger partial charge in [0.2, 0.25) is 0 Å². The summed E-state index contributed by atoms with van der Waals surface area (Å²) in [6.07, 6.45) is 0. The maximum Gasteiger partial charge on any atom is 0.0659 e. The molecule has 2 heteroatoms. The highest BCUT2D eigenvalue weighted by atomic mass is 127. The Morgan fingerprint density at radius 3 is 2.83 bits per heavy atom. The van der Waals surface area contributed by atoms with Crippen molar-refractivity contribution in [1.82, 2.24) is 0 Å². The Labute approximate surface area is 54.3 Å². The summed E-state index contributed by atoms with van der Waals surface area (Å²) in [5.41, 5.74) is 0. The van der Waals surface area contributed by atoms with Crippen LogP contribution in [-0.4, -0.2) is 0 Å².